The third-order valence-corrected chi connectivity index (χ3v) is 4.63. The first-order chi connectivity index (χ1) is 11.0. The Balaban J connectivity index is 1.77. The maximum Gasteiger partial charge on any atom is 0.220 e. The van der Waals surface area contributed by atoms with Gasteiger partial charge in [-0.1, -0.05) is 31.2 Å². The van der Waals surface area contributed by atoms with Gasteiger partial charge in [0.2, 0.25) is 5.91 Å². The van der Waals surface area contributed by atoms with E-state index in [0.29, 0.717) is 24.8 Å². The van der Waals surface area contributed by atoms with Crippen LogP contribution in [-0.2, 0) is 17.9 Å². The average Bonchev–Trinajstić information content (AvgIpc) is 2.53. The summed E-state index contributed by atoms with van der Waals surface area (Å²) in [5.74, 6) is 1.25. The first-order valence-electron chi connectivity index (χ1n) is 8.74. The zero-order valence-electron chi connectivity index (χ0n) is 14.8. The molecule has 0 bridgehead atoms. The minimum atomic E-state index is 0.168. The van der Waals surface area contributed by atoms with Crippen molar-refractivity contribution < 1.29 is 4.79 Å². The molecule has 4 nitrogen and oxygen atoms in total. The molecule has 1 aliphatic rings. The van der Waals surface area contributed by atoms with E-state index in [1.807, 2.05) is 0 Å². The Morgan fingerprint density at radius 2 is 2.17 bits per heavy atom. The largest absolute Gasteiger partial charge is 0.352 e. The van der Waals surface area contributed by atoms with Gasteiger partial charge in [-0.3, -0.25) is 4.79 Å². The topological polar surface area (TPSA) is 44.4 Å². The van der Waals surface area contributed by atoms with Crippen LogP contribution < -0.4 is 10.6 Å². The van der Waals surface area contributed by atoms with Crippen LogP contribution in [-0.4, -0.2) is 38.0 Å². The lowest BCUT2D eigenvalue weighted by Gasteiger charge is -2.28. The second kappa shape index (κ2) is 9.04. The summed E-state index contributed by atoms with van der Waals surface area (Å²) in [5.41, 5.74) is 2.45. The van der Waals surface area contributed by atoms with Crippen molar-refractivity contribution in [1.29, 1.82) is 0 Å². The molecule has 0 spiro atoms. The predicted octanol–water partition coefficient (Wildman–Crippen LogP) is 2.39. The van der Waals surface area contributed by atoms with E-state index in [2.05, 4.69) is 60.8 Å². The number of rotatable bonds is 7. The number of nitrogens with one attached hydrogen (secondary N) is 2. The lowest BCUT2D eigenvalue weighted by atomic mass is 9.85. The molecular formula is C19H31N3O. The molecule has 1 fully saturated rings. The van der Waals surface area contributed by atoms with Crippen molar-refractivity contribution in [2.45, 2.75) is 39.3 Å². The fraction of sp³-hybridized carbons (Fsp3) is 0.632. The quantitative estimate of drug-likeness (QED) is 0.811. The van der Waals surface area contributed by atoms with Crippen LogP contribution in [0.4, 0.5) is 0 Å². The van der Waals surface area contributed by atoms with Crippen LogP contribution >= 0.6 is 0 Å². The first kappa shape index (κ1) is 18.0. The second-order valence-corrected chi connectivity index (χ2v) is 7.12. The van der Waals surface area contributed by atoms with Crippen LogP contribution in [0.25, 0.3) is 0 Å². The summed E-state index contributed by atoms with van der Waals surface area (Å²) in [6.07, 6.45) is 3.10. The van der Waals surface area contributed by atoms with E-state index < -0.39 is 0 Å². The third kappa shape index (κ3) is 6.32. The Labute approximate surface area is 140 Å². The van der Waals surface area contributed by atoms with E-state index in [-0.39, 0.29) is 5.91 Å². The van der Waals surface area contributed by atoms with E-state index in [1.54, 1.807) is 0 Å². The van der Waals surface area contributed by atoms with Gasteiger partial charge in [-0.05, 0) is 63.0 Å². The predicted molar refractivity (Wildman–Crippen MR) is 95.1 cm³/mol. The Morgan fingerprint density at radius 3 is 2.87 bits per heavy atom. The first-order valence-corrected chi connectivity index (χ1v) is 8.74. The molecule has 4 heteroatoms. The molecule has 2 atom stereocenters. The highest BCUT2D eigenvalue weighted by Crippen LogP contribution is 2.22. The van der Waals surface area contributed by atoms with Crippen LogP contribution in [0.3, 0.4) is 0 Å². The summed E-state index contributed by atoms with van der Waals surface area (Å²) in [6, 6.07) is 8.45. The molecule has 0 radical (unpaired) electrons. The van der Waals surface area contributed by atoms with Crippen molar-refractivity contribution in [3.63, 3.8) is 0 Å². The highest BCUT2D eigenvalue weighted by Gasteiger charge is 2.21. The van der Waals surface area contributed by atoms with Gasteiger partial charge in [0.15, 0.2) is 0 Å². The van der Waals surface area contributed by atoms with Gasteiger partial charge in [-0.25, -0.2) is 0 Å². The van der Waals surface area contributed by atoms with Gasteiger partial charge in [0.1, 0.15) is 0 Å². The number of nitrogens with zero attached hydrogens (tertiary/aromatic N) is 1. The molecule has 0 aliphatic carbocycles. The fourth-order valence-electron chi connectivity index (χ4n) is 3.30. The molecule has 1 aromatic rings. The van der Waals surface area contributed by atoms with Crippen LogP contribution in [0.5, 0.6) is 0 Å². The number of hydrogen-bond donors (Lipinski definition) is 2. The SMILES string of the molecule is CC(CC(=O)NCc1cccc(CN(C)C)c1)C1CCCNC1. The minimum Gasteiger partial charge on any atom is -0.352 e. The van der Waals surface area contributed by atoms with Gasteiger partial charge in [0.05, 0.1) is 0 Å². The van der Waals surface area contributed by atoms with Crippen molar-refractivity contribution in [3.8, 4) is 0 Å². The van der Waals surface area contributed by atoms with Crippen LogP contribution in [0, 0.1) is 11.8 Å². The number of carbonyl (C=O) groups excluding carboxylic acids is 1. The number of benzene rings is 1. The van der Waals surface area contributed by atoms with Crippen molar-refractivity contribution in [3.05, 3.63) is 35.4 Å². The average molecular weight is 317 g/mol. The number of amides is 1. The second-order valence-electron chi connectivity index (χ2n) is 7.12. The molecule has 1 amide bonds. The molecule has 0 saturated carbocycles. The van der Waals surface area contributed by atoms with Gasteiger partial charge < -0.3 is 15.5 Å². The Bertz CT molecular complexity index is 495. The lowest BCUT2D eigenvalue weighted by Crippen LogP contribution is -2.35. The number of hydrogen-bond acceptors (Lipinski definition) is 3. The Morgan fingerprint density at radius 1 is 1.39 bits per heavy atom. The number of carbonyl (C=O) groups is 1. The van der Waals surface area contributed by atoms with Crippen LogP contribution in [0.2, 0.25) is 0 Å². The van der Waals surface area contributed by atoms with Gasteiger partial charge in [-0.2, -0.15) is 0 Å². The molecule has 1 heterocycles. The molecule has 2 N–H and O–H groups in total. The van der Waals surface area contributed by atoms with Gasteiger partial charge in [-0.15, -0.1) is 0 Å². The van der Waals surface area contributed by atoms with Crippen LogP contribution in [0.15, 0.2) is 24.3 Å². The van der Waals surface area contributed by atoms with Gasteiger partial charge in [0, 0.05) is 19.5 Å². The maximum absolute atomic E-state index is 12.2. The van der Waals surface area contributed by atoms with Gasteiger partial charge >= 0.3 is 0 Å². The van der Waals surface area contributed by atoms with E-state index >= 15 is 0 Å². The van der Waals surface area contributed by atoms with E-state index in [1.165, 1.54) is 24.0 Å². The Hall–Kier alpha value is -1.39. The maximum atomic E-state index is 12.2. The van der Waals surface area contributed by atoms with E-state index in [4.69, 9.17) is 0 Å². The highest BCUT2D eigenvalue weighted by molar-refractivity contribution is 5.76. The fourth-order valence-corrected chi connectivity index (χ4v) is 3.30. The molecule has 1 aliphatic heterocycles. The van der Waals surface area contributed by atoms with E-state index in [9.17, 15) is 4.79 Å². The number of piperidine rings is 1. The monoisotopic (exact) mass is 317 g/mol. The van der Waals surface area contributed by atoms with Crippen molar-refractivity contribution >= 4 is 5.91 Å². The summed E-state index contributed by atoms with van der Waals surface area (Å²) < 4.78 is 0. The van der Waals surface area contributed by atoms with Crippen molar-refractivity contribution in [1.82, 2.24) is 15.5 Å². The van der Waals surface area contributed by atoms with Crippen LogP contribution in [0.1, 0.15) is 37.3 Å². The van der Waals surface area contributed by atoms with E-state index in [0.717, 1.165) is 19.6 Å². The van der Waals surface area contributed by atoms with Crippen molar-refractivity contribution in [2.24, 2.45) is 11.8 Å². The third-order valence-electron chi connectivity index (χ3n) is 4.63. The molecule has 2 unspecified atom stereocenters. The van der Waals surface area contributed by atoms with Gasteiger partial charge in [0.25, 0.3) is 0 Å². The molecule has 2 rings (SSSR count). The van der Waals surface area contributed by atoms with Crippen molar-refractivity contribution in [2.75, 3.05) is 27.2 Å². The standard InChI is InChI=1S/C19H31N3O/c1-15(18-8-5-9-20-13-18)10-19(23)21-12-16-6-4-7-17(11-16)14-22(2)3/h4,6-7,11,15,18,20H,5,8-10,12-14H2,1-3H3,(H,21,23). The molecule has 1 saturated heterocycles. The summed E-state index contributed by atoms with van der Waals surface area (Å²) in [4.78, 5) is 14.3. The smallest absolute Gasteiger partial charge is 0.220 e. The normalized spacial score (nSPS) is 19.6. The molecule has 23 heavy (non-hydrogen) atoms. The molecule has 1 aromatic carbocycles. The summed E-state index contributed by atoms with van der Waals surface area (Å²) in [7, 11) is 4.13. The molecular weight excluding hydrogens is 286 g/mol. The molecule has 0 aromatic heterocycles. The summed E-state index contributed by atoms with van der Waals surface area (Å²) >= 11 is 0. The highest BCUT2D eigenvalue weighted by atomic mass is 16.1. The zero-order valence-corrected chi connectivity index (χ0v) is 14.8. The summed E-state index contributed by atoms with van der Waals surface area (Å²) in [5, 5.41) is 6.51. The lowest BCUT2D eigenvalue weighted by molar-refractivity contribution is -0.122. The summed E-state index contributed by atoms with van der Waals surface area (Å²) in [6.45, 7) is 5.93. The zero-order chi connectivity index (χ0) is 16.7. The molecule has 128 valence electrons. The minimum absolute atomic E-state index is 0.168. The Kier molecular flexibility index (Phi) is 7.06.